The third-order valence-corrected chi connectivity index (χ3v) is 3.61. The van der Waals surface area contributed by atoms with E-state index in [1.54, 1.807) is 6.92 Å². The molecule has 0 aliphatic heterocycles. The van der Waals surface area contributed by atoms with Crippen molar-refractivity contribution in [3.05, 3.63) is 47.7 Å². The summed E-state index contributed by atoms with van der Waals surface area (Å²) in [5.41, 5.74) is 2.11. The molecule has 0 spiro atoms. The number of nitrogens with one attached hydrogen (secondary N) is 1. The minimum absolute atomic E-state index is 0.0900. The molecule has 0 bridgehead atoms. The Kier molecular flexibility index (Phi) is 3.66. The lowest BCUT2D eigenvalue weighted by atomic mass is 10.2. The normalized spacial score (nSPS) is 12.5. The zero-order chi connectivity index (χ0) is 15.7. The lowest BCUT2D eigenvalue weighted by molar-refractivity contribution is -0.122. The molecule has 3 rings (SSSR count). The molecule has 1 aromatic carbocycles. The molecule has 0 aliphatic rings. The summed E-state index contributed by atoms with van der Waals surface area (Å²) in [6.45, 7) is 5.83. The highest BCUT2D eigenvalue weighted by atomic mass is 16.5. The van der Waals surface area contributed by atoms with Gasteiger partial charge in [-0.3, -0.25) is 4.79 Å². The Hall–Kier alpha value is -2.63. The van der Waals surface area contributed by atoms with Crippen molar-refractivity contribution in [3.63, 3.8) is 0 Å². The first-order chi connectivity index (χ1) is 10.5. The molecule has 1 atom stereocenters. The van der Waals surface area contributed by atoms with Crippen LogP contribution in [0.4, 0.5) is 0 Å². The molecule has 0 aliphatic carbocycles. The molecule has 0 fully saturated rings. The maximum atomic E-state index is 12.3. The number of carbonyl (C=O) groups excluding carboxylic acids is 1. The van der Waals surface area contributed by atoms with Gasteiger partial charge in [0.05, 0.1) is 0 Å². The summed E-state index contributed by atoms with van der Waals surface area (Å²) in [5.74, 6) is 0.885. The summed E-state index contributed by atoms with van der Waals surface area (Å²) in [6.07, 6.45) is 0. The van der Waals surface area contributed by atoms with E-state index in [-0.39, 0.29) is 18.5 Å². The number of hydrogen-bond donors (Lipinski definition) is 1. The van der Waals surface area contributed by atoms with Gasteiger partial charge in [0.15, 0.2) is 5.82 Å². The van der Waals surface area contributed by atoms with Crippen molar-refractivity contribution in [1.82, 2.24) is 20.0 Å². The van der Waals surface area contributed by atoms with Crippen LogP contribution in [0, 0.1) is 13.8 Å². The second kappa shape index (κ2) is 5.63. The smallest absolute Gasteiger partial charge is 0.248 e. The number of aryl methyl sites for hydroxylation is 2. The molecule has 114 valence electrons. The van der Waals surface area contributed by atoms with Crippen molar-refractivity contribution in [1.29, 1.82) is 0 Å². The Balaban J connectivity index is 1.74. The Morgan fingerprint density at radius 3 is 2.86 bits per heavy atom. The molecule has 0 unspecified atom stereocenters. The summed E-state index contributed by atoms with van der Waals surface area (Å²) in [4.78, 5) is 16.4. The first-order valence-corrected chi connectivity index (χ1v) is 7.19. The van der Waals surface area contributed by atoms with Gasteiger partial charge in [-0.15, -0.1) is 0 Å². The van der Waals surface area contributed by atoms with Gasteiger partial charge in [-0.1, -0.05) is 23.4 Å². The van der Waals surface area contributed by atoms with Gasteiger partial charge in [0.2, 0.25) is 11.8 Å². The highest BCUT2D eigenvalue weighted by Crippen LogP contribution is 2.19. The average molecular weight is 298 g/mol. The predicted molar refractivity (Wildman–Crippen MR) is 82.3 cm³/mol. The van der Waals surface area contributed by atoms with Gasteiger partial charge >= 0.3 is 0 Å². The van der Waals surface area contributed by atoms with E-state index in [4.69, 9.17) is 4.52 Å². The van der Waals surface area contributed by atoms with Crippen LogP contribution in [0.1, 0.15) is 30.4 Å². The second-order valence-electron chi connectivity index (χ2n) is 5.40. The number of carbonyl (C=O) groups is 1. The van der Waals surface area contributed by atoms with E-state index in [0.29, 0.717) is 11.7 Å². The van der Waals surface area contributed by atoms with Crippen molar-refractivity contribution >= 4 is 16.8 Å². The van der Waals surface area contributed by atoms with Gasteiger partial charge in [-0.2, -0.15) is 4.98 Å². The Bertz CT molecular complexity index is 819. The third kappa shape index (κ3) is 2.72. The average Bonchev–Trinajstić information content (AvgIpc) is 3.04. The molecule has 2 aromatic heterocycles. The van der Waals surface area contributed by atoms with E-state index >= 15 is 0 Å². The lowest BCUT2D eigenvalue weighted by Crippen LogP contribution is -2.30. The van der Waals surface area contributed by atoms with E-state index in [2.05, 4.69) is 21.5 Å². The molecular weight excluding hydrogens is 280 g/mol. The topological polar surface area (TPSA) is 73.0 Å². The van der Waals surface area contributed by atoms with Gasteiger partial charge in [0, 0.05) is 11.2 Å². The maximum Gasteiger partial charge on any atom is 0.248 e. The molecular formula is C16H18N4O2. The first kappa shape index (κ1) is 14.3. The Labute approximate surface area is 128 Å². The van der Waals surface area contributed by atoms with Crippen molar-refractivity contribution in [2.75, 3.05) is 0 Å². The van der Waals surface area contributed by atoms with E-state index in [0.717, 1.165) is 16.6 Å². The maximum absolute atomic E-state index is 12.3. The molecule has 1 amide bonds. The molecule has 1 N–H and O–H groups in total. The number of rotatable bonds is 4. The van der Waals surface area contributed by atoms with Gasteiger partial charge < -0.3 is 14.4 Å². The molecule has 6 heteroatoms. The first-order valence-electron chi connectivity index (χ1n) is 7.19. The van der Waals surface area contributed by atoms with Crippen LogP contribution in [0.15, 0.2) is 34.9 Å². The third-order valence-electron chi connectivity index (χ3n) is 3.61. The standard InChI is InChI=1S/C16H18N4O2/c1-10-8-13-6-4-5-7-14(13)20(10)9-15(21)17-11(2)16-18-12(3)19-22-16/h4-8,11H,9H2,1-3H3,(H,17,21)/t11-/m1/s1. The molecule has 22 heavy (non-hydrogen) atoms. The molecule has 0 radical (unpaired) electrons. The van der Waals surface area contributed by atoms with Gasteiger partial charge in [0.25, 0.3) is 0 Å². The van der Waals surface area contributed by atoms with Crippen molar-refractivity contribution in [2.24, 2.45) is 0 Å². The fraction of sp³-hybridized carbons (Fsp3) is 0.312. The van der Waals surface area contributed by atoms with Crippen LogP contribution in [0.2, 0.25) is 0 Å². The van der Waals surface area contributed by atoms with E-state index in [1.807, 2.05) is 42.7 Å². The van der Waals surface area contributed by atoms with Crippen LogP contribution in [0.3, 0.4) is 0 Å². The Morgan fingerprint density at radius 1 is 1.36 bits per heavy atom. The SMILES string of the molecule is Cc1noc([C@@H](C)NC(=O)Cn2c(C)cc3ccccc32)n1. The molecule has 0 saturated heterocycles. The van der Waals surface area contributed by atoms with Crippen LogP contribution >= 0.6 is 0 Å². The van der Waals surface area contributed by atoms with E-state index in [1.165, 1.54) is 0 Å². The van der Waals surface area contributed by atoms with E-state index < -0.39 is 0 Å². The number of nitrogens with zero attached hydrogens (tertiary/aromatic N) is 3. The molecule has 6 nitrogen and oxygen atoms in total. The monoisotopic (exact) mass is 298 g/mol. The van der Waals surface area contributed by atoms with Crippen LogP contribution < -0.4 is 5.32 Å². The quantitative estimate of drug-likeness (QED) is 0.803. The van der Waals surface area contributed by atoms with Gasteiger partial charge in [0.1, 0.15) is 12.6 Å². The zero-order valence-corrected chi connectivity index (χ0v) is 12.8. The number of hydrogen-bond acceptors (Lipinski definition) is 4. The predicted octanol–water partition coefficient (Wildman–Crippen LogP) is 2.52. The molecule has 0 saturated carbocycles. The van der Waals surface area contributed by atoms with Crippen molar-refractivity contribution in [3.8, 4) is 0 Å². The minimum Gasteiger partial charge on any atom is -0.343 e. The largest absolute Gasteiger partial charge is 0.343 e. The van der Waals surface area contributed by atoms with Crippen LogP contribution in [0.5, 0.6) is 0 Å². The highest BCUT2D eigenvalue weighted by Gasteiger charge is 2.16. The van der Waals surface area contributed by atoms with Crippen molar-refractivity contribution < 1.29 is 9.32 Å². The van der Waals surface area contributed by atoms with Crippen molar-refractivity contribution in [2.45, 2.75) is 33.4 Å². The number of aromatic nitrogens is 3. The highest BCUT2D eigenvalue weighted by molar-refractivity contribution is 5.84. The molecule has 2 heterocycles. The molecule has 3 aromatic rings. The number of para-hydroxylation sites is 1. The fourth-order valence-corrected chi connectivity index (χ4v) is 2.54. The minimum atomic E-state index is -0.309. The fourth-order valence-electron chi connectivity index (χ4n) is 2.54. The zero-order valence-electron chi connectivity index (χ0n) is 12.8. The van der Waals surface area contributed by atoms with Crippen LogP contribution in [-0.4, -0.2) is 20.6 Å². The lowest BCUT2D eigenvalue weighted by Gasteiger charge is -2.12. The number of benzene rings is 1. The van der Waals surface area contributed by atoms with Gasteiger partial charge in [-0.05, 0) is 38.3 Å². The van der Waals surface area contributed by atoms with E-state index in [9.17, 15) is 4.79 Å². The number of amides is 1. The second-order valence-corrected chi connectivity index (χ2v) is 5.40. The van der Waals surface area contributed by atoms with Crippen LogP contribution in [0.25, 0.3) is 10.9 Å². The van der Waals surface area contributed by atoms with Crippen LogP contribution in [-0.2, 0) is 11.3 Å². The summed E-state index contributed by atoms with van der Waals surface area (Å²) in [7, 11) is 0. The Morgan fingerprint density at radius 2 is 2.14 bits per heavy atom. The number of fused-ring (bicyclic) bond motifs is 1. The summed E-state index contributed by atoms with van der Waals surface area (Å²) >= 11 is 0. The van der Waals surface area contributed by atoms with Gasteiger partial charge in [-0.25, -0.2) is 0 Å². The summed E-state index contributed by atoms with van der Waals surface area (Å²) in [6, 6.07) is 9.79. The summed E-state index contributed by atoms with van der Waals surface area (Å²) in [5, 5.41) is 7.75. The summed E-state index contributed by atoms with van der Waals surface area (Å²) < 4.78 is 7.07.